The molecule has 0 radical (unpaired) electrons. The Morgan fingerprint density at radius 2 is 2.00 bits per heavy atom. The first kappa shape index (κ1) is 13.7. The molecule has 1 aliphatic rings. The molecule has 0 bridgehead atoms. The lowest BCUT2D eigenvalue weighted by atomic mass is 9.98. The Kier molecular flexibility index (Phi) is 4.90. The number of rotatable bonds is 7. The van der Waals surface area contributed by atoms with Crippen molar-refractivity contribution >= 4 is 23.7 Å². The number of imide groups is 1. The van der Waals surface area contributed by atoms with Crippen LogP contribution in [-0.4, -0.2) is 60.3 Å². The van der Waals surface area contributed by atoms with Gasteiger partial charge in [-0.2, -0.15) is 0 Å². The van der Waals surface area contributed by atoms with Crippen molar-refractivity contribution in [2.45, 2.75) is 39.2 Å². The first-order valence-electron chi connectivity index (χ1n) is 8.56. The van der Waals surface area contributed by atoms with E-state index >= 15 is 0 Å². The zero-order valence-corrected chi connectivity index (χ0v) is 12.9. The van der Waals surface area contributed by atoms with Crippen LogP contribution >= 0.6 is 0 Å². The third-order valence-corrected chi connectivity index (χ3v) is 3.47. The average Bonchev–Trinajstić information content (AvgIpc) is 2.83. The minimum Gasteiger partial charge on any atom is -0.344 e. The maximum absolute atomic E-state index is 12.3. The van der Waals surface area contributed by atoms with E-state index in [2.05, 4.69) is 10.2 Å². The molecule has 0 aromatic heterocycles. The van der Waals surface area contributed by atoms with Gasteiger partial charge < -0.3 is 10.2 Å². The molecule has 2 unspecified atom stereocenters. The summed E-state index contributed by atoms with van der Waals surface area (Å²) in [6, 6.07) is -0.972. The van der Waals surface area contributed by atoms with Gasteiger partial charge in [-0.25, -0.2) is 4.79 Å². The molecule has 1 fully saturated rings. The summed E-state index contributed by atoms with van der Waals surface area (Å²) in [4.78, 5) is 52.4. The second kappa shape index (κ2) is 7.88. The highest BCUT2D eigenvalue weighted by atomic mass is 16.7. The lowest BCUT2D eigenvalue weighted by Crippen LogP contribution is -2.49. The minimum atomic E-state index is -2.47. The van der Waals surface area contributed by atoms with Crippen molar-refractivity contribution in [3.63, 3.8) is 0 Å². The van der Waals surface area contributed by atoms with Crippen molar-refractivity contribution in [1.82, 2.24) is 15.3 Å². The van der Waals surface area contributed by atoms with Crippen molar-refractivity contribution in [2.75, 3.05) is 20.6 Å². The predicted octanol–water partition coefficient (Wildman–Crippen LogP) is -0.314. The molecule has 8 heteroatoms. The number of nitrogens with zero attached hydrogens (tertiary/aromatic N) is 2. The van der Waals surface area contributed by atoms with Crippen molar-refractivity contribution in [1.29, 1.82) is 0 Å². The Bertz CT molecular complexity index is 536. The highest BCUT2D eigenvalue weighted by Crippen LogP contribution is 2.13. The largest absolute Gasteiger partial charge is 0.352 e. The molecule has 1 N–H and O–H groups in total. The number of carbonyl (C=O) groups is 4. The fourth-order valence-electron chi connectivity index (χ4n) is 2.10. The van der Waals surface area contributed by atoms with Crippen LogP contribution in [0.5, 0.6) is 0 Å². The van der Waals surface area contributed by atoms with Gasteiger partial charge in [0, 0.05) is 17.0 Å². The van der Waals surface area contributed by atoms with E-state index in [9.17, 15) is 19.2 Å². The van der Waals surface area contributed by atoms with Gasteiger partial charge in [0.2, 0.25) is 5.91 Å². The predicted molar refractivity (Wildman–Crippen MR) is 77.1 cm³/mol. The molecular weight excluding hydrogens is 291 g/mol. The molecule has 1 aliphatic heterocycles. The maximum Gasteiger partial charge on any atom is 0.352 e. The molecule has 8 nitrogen and oxygen atoms in total. The number of hydroxylamine groups is 2. The van der Waals surface area contributed by atoms with Gasteiger partial charge in [0.25, 0.3) is 11.8 Å². The quantitative estimate of drug-likeness (QED) is 0.511. The van der Waals surface area contributed by atoms with Crippen molar-refractivity contribution < 1.29 is 28.1 Å². The van der Waals surface area contributed by atoms with Crippen molar-refractivity contribution in [3.8, 4) is 0 Å². The van der Waals surface area contributed by atoms with E-state index in [1.807, 2.05) is 6.92 Å². The molecule has 2 atom stereocenters. The molecule has 0 aliphatic carbocycles. The van der Waals surface area contributed by atoms with Crippen LogP contribution in [0.15, 0.2) is 0 Å². The molecule has 1 heterocycles. The van der Waals surface area contributed by atoms with Gasteiger partial charge in [-0.05, 0) is 19.9 Å². The van der Waals surface area contributed by atoms with Crippen LogP contribution in [0.4, 0.5) is 0 Å². The summed E-state index contributed by atoms with van der Waals surface area (Å²) >= 11 is 0. The number of amides is 3. The second-order valence-electron chi connectivity index (χ2n) is 5.20. The third-order valence-electron chi connectivity index (χ3n) is 3.47. The number of carbonyl (C=O) groups excluding carboxylic acids is 4. The highest BCUT2D eigenvalue weighted by Gasteiger charge is 2.33. The Hall–Kier alpha value is -1.96. The molecule has 1 saturated heterocycles. The van der Waals surface area contributed by atoms with Gasteiger partial charge in [-0.15, -0.1) is 5.06 Å². The zero-order chi connectivity index (χ0) is 19.4. The molecule has 1 rings (SSSR count). The van der Waals surface area contributed by atoms with E-state index in [4.69, 9.17) is 4.11 Å². The summed E-state index contributed by atoms with van der Waals surface area (Å²) in [7, 11) is 1.31. The fraction of sp³-hybridized carbons (Fsp3) is 0.714. The van der Waals surface area contributed by atoms with Crippen molar-refractivity contribution in [2.24, 2.45) is 5.92 Å². The number of hydrogen-bond acceptors (Lipinski definition) is 6. The second-order valence-corrected chi connectivity index (χ2v) is 5.20. The SMILES string of the molecule is [2H][13C]([2H])([2H])N(C)C(C(=O)NCC(=O)ON1C(=O)CCC1=O)C(C)CC. The third kappa shape index (κ3) is 4.52. The standard InChI is InChI=1S/C14H23N3O5/c1-5-9(2)13(16(3)4)14(21)15-8-12(20)22-17-10(18)6-7-11(17)19/h9,13H,5-8H2,1-4H3,(H,15,21)/i3+1D3. The van der Waals surface area contributed by atoms with E-state index in [0.717, 1.165) is 4.90 Å². The fourth-order valence-corrected chi connectivity index (χ4v) is 2.10. The van der Waals surface area contributed by atoms with E-state index in [0.29, 0.717) is 11.5 Å². The van der Waals surface area contributed by atoms with Gasteiger partial charge in [0.1, 0.15) is 6.54 Å². The number of nitrogens with one attached hydrogen (secondary N) is 1. The van der Waals surface area contributed by atoms with Gasteiger partial charge in [-0.3, -0.25) is 19.3 Å². The summed E-state index contributed by atoms with van der Waals surface area (Å²) in [5, 5.41) is 2.68. The molecule has 0 aromatic carbocycles. The number of hydrogen-bond donors (Lipinski definition) is 1. The lowest BCUT2D eigenvalue weighted by molar-refractivity contribution is -0.196. The molecule has 0 spiro atoms. The molecule has 3 amide bonds. The van der Waals surface area contributed by atoms with Gasteiger partial charge >= 0.3 is 5.97 Å². The molecule has 0 saturated carbocycles. The van der Waals surface area contributed by atoms with E-state index in [1.165, 1.54) is 7.05 Å². The van der Waals surface area contributed by atoms with Crippen LogP contribution in [0, 0.1) is 5.92 Å². The Morgan fingerprint density at radius 1 is 1.41 bits per heavy atom. The van der Waals surface area contributed by atoms with Gasteiger partial charge in [0.05, 0.1) is 6.04 Å². The smallest absolute Gasteiger partial charge is 0.344 e. The van der Waals surface area contributed by atoms with Crippen molar-refractivity contribution in [3.05, 3.63) is 0 Å². The van der Waals surface area contributed by atoms with Crippen LogP contribution in [0.1, 0.15) is 37.2 Å². The summed E-state index contributed by atoms with van der Waals surface area (Å²) in [5.41, 5.74) is 0. The maximum atomic E-state index is 12.3. The van der Waals surface area contributed by atoms with E-state index in [-0.39, 0.29) is 18.8 Å². The lowest BCUT2D eigenvalue weighted by Gasteiger charge is -2.28. The topological polar surface area (TPSA) is 96.0 Å². The Morgan fingerprint density at radius 3 is 2.50 bits per heavy atom. The highest BCUT2D eigenvalue weighted by molar-refractivity contribution is 6.01. The minimum absolute atomic E-state index is 0.0298. The molecule has 124 valence electrons. The summed E-state index contributed by atoms with van der Waals surface area (Å²) in [5.74, 6) is -3.16. The summed E-state index contributed by atoms with van der Waals surface area (Å²) in [6.45, 7) is 0.488. The first-order valence-corrected chi connectivity index (χ1v) is 7.06. The van der Waals surface area contributed by atoms with Gasteiger partial charge in [0.15, 0.2) is 0 Å². The monoisotopic (exact) mass is 317 g/mol. The first-order chi connectivity index (χ1) is 11.5. The van der Waals surface area contributed by atoms with Crippen LogP contribution in [-0.2, 0) is 24.0 Å². The van der Waals surface area contributed by atoms with Crippen LogP contribution in [0.3, 0.4) is 0 Å². The van der Waals surface area contributed by atoms with Crippen LogP contribution in [0.25, 0.3) is 0 Å². The van der Waals surface area contributed by atoms with Crippen LogP contribution < -0.4 is 5.32 Å². The summed E-state index contributed by atoms with van der Waals surface area (Å²) in [6.07, 6.45) is 0.496. The Labute approximate surface area is 133 Å². The van der Waals surface area contributed by atoms with E-state index in [1.54, 1.807) is 6.92 Å². The molecule has 0 aromatic rings. The van der Waals surface area contributed by atoms with Crippen LogP contribution in [0.2, 0.25) is 0 Å². The summed E-state index contributed by atoms with van der Waals surface area (Å²) < 4.78 is 22.3. The van der Waals surface area contributed by atoms with Gasteiger partial charge in [-0.1, -0.05) is 20.3 Å². The normalized spacial score (nSPS) is 20.2. The molecule has 22 heavy (non-hydrogen) atoms. The molecular formula is C14H23N3O5. The van der Waals surface area contributed by atoms with E-state index < -0.39 is 43.3 Å². The Balaban J connectivity index is 2.66. The average molecular weight is 317 g/mol. The zero-order valence-electron chi connectivity index (χ0n) is 15.9. The number of likely N-dealkylation sites (N-methyl/N-ethyl adjacent to an activating group) is 1.